The predicted molar refractivity (Wildman–Crippen MR) is 111 cm³/mol. The molecule has 0 spiro atoms. The van der Waals surface area contributed by atoms with Crippen molar-refractivity contribution in [2.75, 3.05) is 11.9 Å². The lowest BCUT2D eigenvalue weighted by Gasteiger charge is -2.11. The minimum Gasteiger partial charge on any atom is -0.350 e. The maximum atomic E-state index is 12.6. The number of hydrogen-bond donors (Lipinski definition) is 2. The molecular formula is C23H23N3O2. The Hall–Kier alpha value is -3.47. The van der Waals surface area contributed by atoms with Crippen LogP contribution >= 0.6 is 0 Å². The average molecular weight is 373 g/mol. The molecule has 2 N–H and O–H groups in total. The Morgan fingerprint density at radius 2 is 1.39 bits per heavy atom. The Morgan fingerprint density at radius 3 is 2.07 bits per heavy atom. The number of benzene rings is 2. The van der Waals surface area contributed by atoms with Crippen molar-refractivity contribution in [2.45, 2.75) is 20.3 Å². The molecule has 3 rings (SSSR count). The van der Waals surface area contributed by atoms with Gasteiger partial charge in [0, 0.05) is 12.2 Å². The average Bonchev–Trinajstić information content (AvgIpc) is 2.71. The van der Waals surface area contributed by atoms with Crippen molar-refractivity contribution in [1.29, 1.82) is 0 Å². The standard InChI is InChI=1S/C23H23N3O2/c1-16-8-6-9-17(2)21(16)26-23(28)20-13-7-12-19(25-20)22(27)24-15-14-18-10-4-3-5-11-18/h3-13H,14-15H2,1-2H3,(H,24,27)(H,26,28). The molecule has 1 heterocycles. The second-order valence-electron chi connectivity index (χ2n) is 6.62. The normalized spacial score (nSPS) is 10.4. The van der Waals surface area contributed by atoms with E-state index >= 15 is 0 Å². The van der Waals surface area contributed by atoms with E-state index in [-0.39, 0.29) is 23.2 Å². The summed E-state index contributed by atoms with van der Waals surface area (Å²) in [6.45, 7) is 4.38. The van der Waals surface area contributed by atoms with E-state index in [1.807, 2.05) is 62.4 Å². The van der Waals surface area contributed by atoms with Crippen LogP contribution in [0.4, 0.5) is 5.69 Å². The number of carbonyl (C=O) groups is 2. The van der Waals surface area contributed by atoms with Crippen molar-refractivity contribution in [3.63, 3.8) is 0 Å². The highest BCUT2D eigenvalue weighted by atomic mass is 16.2. The van der Waals surface area contributed by atoms with E-state index in [2.05, 4.69) is 15.6 Å². The summed E-state index contributed by atoms with van der Waals surface area (Å²) in [7, 11) is 0. The van der Waals surface area contributed by atoms with Gasteiger partial charge in [-0.25, -0.2) is 4.98 Å². The molecule has 5 nitrogen and oxygen atoms in total. The molecule has 5 heteroatoms. The SMILES string of the molecule is Cc1cccc(C)c1NC(=O)c1cccc(C(=O)NCCc2ccccc2)n1. The van der Waals surface area contributed by atoms with Crippen LogP contribution in [0.25, 0.3) is 0 Å². The molecular weight excluding hydrogens is 350 g/mol. The zero-order valence-electron chi connectivity index (χ0n) is 16.0. The van der Waals surface area contributed by atoms with E-state index in [0.717, 1.165) is 28.8 Å². The third-order valence-electron chi connectivity index (χ3n) is 4.48. The number of rotatable bonds is 6. The van der Waals surface area contributed by atoms with Crippen molar-refractivity contribution in [3.8, 4) is 0 Å². The van der Waals surface area contributed by atoms with Gasteiger partial charge in [-0.1, -0.05) is 54.6 Å². The largest absolute Gasteiger partial charge is 0.350 e. The Bertz CT molecular complexity index is 964. The molecule has 0 aliphatic heterocycles. The van der Waals surface area contributed by atoms with Crippen LogP contribution in [-0.4, -0.2) is 23.3 Å². The number of amides is 2. The van der Waals surface area contributed by atoms with Crippen LogP contribution in [0.1, 0.15) is 37.7 Å². The number of pyridine rings is 1. The first-order chi connectivity index (χ1) is 13.5. The van der Waals surface area contributed by atoms with Gasteiger partial charge in [0.05, 0.1) is 0 Å². The van der Waals surface area contributed by atoms with Gasteiger partial charge in [-0.05, 0) is 49.1 Å². The number of aryl methyl sites for hydroxylation is 2. The molecule has 0 fully saturated rings. The highest BCUT2D eigenvalue weighted by molar-refractivity contribution is 6.04. The molecule has 1 aromatic heterocycles. The zero-order valence-corrected chi connectivity index (χ0v) is 16.0. The number of aromatic nitrogens is 1. The number of para-hydroxylation sites is 1. The van der Waals surface area contributed by atoms with Gasteiger partial charge in [-0.3, -0.25) is 9.59 Å². The van der Waals surface area contributed by atoms with E-state index < -0.39 is 0 Å². The maximum Gasteiger partial charge on any atom is 0.274 e. The van der Waals surface area contributed by atoms with Gasteiger partial charge in [0.15, 0.2) is 0 Å². The summed E-state index contributed by atoms with van der Waals surface area (Å²) in [6, 6.07) is 20.6. The van der Waals surface area contributed by atoms with E-state index in [1.165, 1.54) is 0 Å². The molecule has 2 amide bonds. The van der Waals surface area contributed by atoms with Crippen molar-refractivity contribution >= 4 is 17.5 Å². The summed E-state index contributed by atoms with van der Waals surface area (Å²) in [6.07, 6.45) is 0.735. The Morgan fingerprint density at radius 1 is 0.786 bits per heavy atom. The predicted octanol–water partition coefficient (Wildman–Crippen LogP) is 3.92. The van der Waals surface area contributed by atoms with Gasteiger partial charge in [0.2, 0.25) is 0 Å². The molecule has 0 saturated heterocycles. The third kappa shape index (κ3) is 4.82. The van der Waals surface area contributed by atoms with Crippen LogP contribution in [0.2, 0.25) is 0 Å². The first kappa shape index (κ1) is 19.3. The fourth-order valence-electron chi connectivity index (χ4n) is 2.93. The van der Waals surface area contributed by atoms with Gasteiger partial charge >= 0.3 is 0 Å². The van der Waals surface area contributed by atoms with Crippen molar-refractivity contribution in [2.24, 2.45) is 0 Å². The lowest BCUT2D eigenvalue weighted by Crippen LogP contribution is -2.27. The van der Waals surface area contributed by atoms with E-state index in [9.17, 15) is 9.59 Å². The smallest absolute Gasteiger partial charge is 0.274 e. The molecule has 2 aromatic carbocycles. The van der Waals surface area contributed by atoms with Crippen LogP contribution < -0.4 is 10.6 Å². The van der Waals surface area contributed by atoms with Gasteiger partial charge in [-0.15, -0.1) is 0 Å². The fraction of sp³-hybridized carbons (Fsp3) is 0.174. The molecule has 0 saturated carbocycles. The summed E-state index contributed by atoms with van der Waals surface area (Å²) >= 11 is 0. The van der Waals surface area contributed by atoms with Crippen LogP contribution in [0.3, 0.4) is 0 Å². The first-order valence-electron chi connectivity index (χ1n) is 9.21. The Kier molecular flexibility index (Phi) is 6.17. The minimum absolute atomic E-state index is 0.207. The summed E-state index contributed by atoms with van der Waals surface area (Å²) < 4.78 is 0. The Labute approximate surface area is 164 Å². The summed E-state index contributed by atoms with van der Waals surface area (Å²) in [5.74, 6) is -0.631. The zero-order chi connectivity index (χ0) is 19.9. The van der Waals surface area contributed by atoms with E-state index in [0.29, 0.717) is 6.54 Å². The summed E-state index contributed by atoms with van der Waals surface area (Å²) in [4.78, 5) is 29.2. The molecule has 0 aliphatic carbocycles. The first-order valence-corrected chi connectivity index (χ1v) is 9.21. The van der Waals surface area contributed by atoms with E-state index in [4.69, 9.17) is 0 Å². The van der Waals surface area contributed by atoms with Crippen LogP contribution in [0, 0.1) is 13.8 Å². The van der Waals surface area contributed by atoms with Crippen LogP contribution in [0.15, 0.2) is 66.7 Å². The highest BCUT2D eigenvalue weighted by Crippen LogP contribution is 2.20. The van der Waals surface area contributed by atoms with Crippen LogP contribution in [0.5, 0.6) is 0 Å². The highest BCUT2D eigenvalue weighted by Gasteiger charge is 2.14. The summed E-state index contributed by atoms with van der Waals surface area (Å²) in [5.41, 5.74) is 4.30. The van der Waals surface area contributed by atoms with Crippen molar-refractivity contribution < 1.29 is 9.59 Å². The minimum atomic E-state index is -0.337. The van der Waals surface area contributed by atoms with Crippen LogP contribution in [-0.2, 0) is 6.42 Å². The van der Waals surface area contributed by atoms with Crippen molar-refractivity contribution in [1.82, 2.24) is 10.3 Å². The van der Waals surface area contributed by atoms with Gasteiger partial charge in [-0.2, -0.15) is 0 Å². The van der Waals surface area contributed by atoms with Gasteiger partial charge < -0.3 is 10.6 Å². The fourth-order valence-corrected chi connectivity index (χ4v) is 2.93. The molecule has 3 aromatic rings. The molecule has 0 bridgehead atoms. The quantitative estimate of drug-likeness (QED) is 0.688. The lowest BCUT2D eigenvalue weighted by atomic mass is 10.1. The molecule has 142 valence electrons. The number of carbonyl (C=O) groups excluding carboxylic acids is 2. The second-order valence-corrected chi connectivity index (χ2v) is 6.62. The lowest BCUT2D eigenvalue weighted by molar-refractivity contribution is 0.0949. The topological polar surface area (TPSA) is 71.1 Å². The molecule has 0 aliphatic rings. The number of nitrogens with one attached hydrogen (secondary N) is 2. The molecule has 0 unspecified atom stereocenters. The maximum absolute atomic E-state index is 12.6. The Balaban J connectivity index is 1.64. The molecule has 28 heavy (non-hydrogen) atoms. The molecule has 0 atom stereocenters. The number of hydrogen-bond acceptors (Lipinski definition) is 3. The monoisotopic (exact) mass is 373 g/mol. The third-order valence-corrected chi connectivity index (χ3v) is 4.48. The summed E-state index contributed by atoms with van der Waals surface area (Å²) in [5, 5.41) is 5.74. The van der Waals surface area contributed by atoms with Gasteiger partial charge in [0.1, 0.15) is 11.4 Å². The van der Waals surface area contributed by atoms with Gasteiger partial charge in [0.25, 0.3) is 11.8 Å². The number of anilines is 1. The molecule has 0 radical (unpaired) electrons. The second kappa shape index (κ2) is 8.95. The number of nitrogens with zero attached hydrogens (tertiary/aromatic N) is 1. The van der Waals surface area contributed by atoms with Crippen molar-refractivity contribution in [3.05, 3.63) is 94.8 Å². The van der Waals surface area contributed by atoms with E-state index in [1.54, 1.807) is 18.2 Å².